The fourth-order valence-electron chi connectivity index (χ4n) is 5.57. The Morgan fingerprint density at radius 2 is 2.02 bits per heavy atom. The van der Waals surface area contributed by atoms with Crippen molar-refractivity contribution in [1.82, 2.24) is 14.5 Å². The number of H-pyrrole nitrogens is 1. The molecule has 0 bridgehead atoms. The molecule has 0 radical (unpaired) electrons. The SMILES string of the molecule is CC(C)CCCc1cc(Cl)c(F)c(-c2cc3cn(-c4ccc([C@@H]5C/C(=C/CN=C(N)N)CC(CO)O5)cc4)c(=O)nc3[nH]2)c1. The molecule has 1 saturated heterocycles. The van der Waals surface area contributed by atoms with E-state index in [0.717, 1.165) is 36.0 Å². The first-order valence-electron chi connectivity index (χ1n) is 14.8. The van der Waals surface area contributed by atoms with Crippen LogP contribution >= 0.6 is 11.6 Å². The van der Waals surface area contributed by atoms with E-state index in [1.54, 1.807) is 18.3 Å². The van der Waals surface area contributed by atoms with Crippen LogP contribution in [-0.4, -0.2) is 44.9 Å². The highest BCUT2D eigenvalue weighted by molar-refractivity contribution is 6.31. The summed E-state index contributed by atoms with van der Waals surface area (Å²) in [4.78, 5) is 24.4. The van der Waals surface area contributed by atoms with Crippen molar-refractivity contribution in [3.05, 3.63) is 92.8 Å². The van der Waals surface area contributed by atoms with Crippen LogP contribution < -0.4 is 17.2 Å². The number of hydrogen-bond donors (Lipinski definition) is 4. The van der Waals surface area contributed by atoms with Crippen molar-refractivity contribution in [2.75, 3.05) is 13.2 Å². The van der Waals surface area contributed by atoms with Gasteiger partial charge in [0.15, 0.2) is 11.8 Å². The van der Waals surface area contributed by atoms with Crippen LogP contribution in [0.2, 0.25) is 5.02 Å². The highest BCUT2D eigenvalue weighted by atomic mass is 35.5. The highest BCUT2D eigenvalue weighted by Gasteiger charge is 2.26. The van der Waals surface area contributed by atoms with Gasteiger partial charge in [-0.1, -0.05) is 55.7 Å². The number of rotatable bonds is 10. The second-order valence-electron chi connectivity index (χ2n) is 11.7. The quantitative estimate of drug-likeness (QED) is 0.104. The Labute approximate surface area is 260 Å². The van der Waals surface area contributed by atoms with Gasteiger partial charge in [0.2, 0.25) is 0 Å². The molecule has 1 unspecified atom stereocenters. The number of ether oxygens (including phenoxy) is 1. The van der Waals surface area contributed by atoms with Gasteiger partial charge in [-0.3, -0.25) is 4.57 Å². The second-order valence-corrected chi connectivity index (χ2v) is 12.1. The van der Waals surface area contributed by atoms with Gasteiger partial charge in [-0.05, 0) is 73.1 Å². The lowest BCUT2D eigenvalue weighted by Crippen LogP contribution is -2.27. The lowest BCUT2D eigenvalue weighted by atomic mass is 9.93. The van der Waals surface area contributed by atoms with E-state index < -0.39 is 11.5 Å². The van der Waals surface area contributed by atoms with Crippen LogP contribution in [0.1, 0.15) is 56.8 Å². The number of aliphatic imine (C=N–C) groups is 1. The minimum absolute atomic E-state index is 0.0248. The summed E-state index contributed by atoms with van der Waals surface area (Å²) < 4.78 is 22.7. The number of fused-ring (bicyclic) bond motifs is 1. The third-order valence-electron chi connectivity index (χ3n) is 7.83. The number of hydrogen-bond acceptors (Lipinski definition) is 5. The normalized spacial score (nSPS) is 17.9. The number of nitrogens with two attached hydrogens (primary N) is 2. The number of aromatic amines is 1. The zero-order valence-electron chi connectivity index (χ0n) is 24.9. The molecule has 0 aliphatic carbocycles. The third kappa shape index (κ3) is 7.38. The van der Waals surface area contributed by atoms with Gasteiger partial charge in [0, 0.05) is 17.1 Å². The minimum atomic E-state index is -0.515. The van der Waals surface area contributed by atoms with E-state index in [2.05, 4.69) is 28.8 Å². The Hall–Kier alpha value is -3.99. The van der Waals surface area contributed by atoms with Crippen molar-refractivity contribution in [3.8, 4) is 16.9 Å². The predicted octanol–water partition coefficient (Wildman–Crippen LogP) is 5.56. The van der Waals surface area contributed by atoms with E-state index in [9.17, 15) is 9.90 Å². The number of aromatic nitrogens is 3. The van der Waals surface area contributed by atoms with E-state index >= 15 is 4.39 Å². The molecule has 44 heavy (non-hydrogen) atoms. The van der Waals surface area contributed by atoms with E-state index in [1.807, 2.05) is 36.4 Å². The summed E-state index contributed by atoms with van der Waals surface area (Å²) in [6.45, 7) is 4.62. The largest absolute Gasteiger partial charge is 0.394 e. The van der Waals surface area contributed by atoms with Crippen molar-refractivity contribution in [1.29, 1.82) is 0 Å². The molecule has 232 valence electrons. The minimum Gasteiger partial charge on any atom is -0.394 e. The van der Waals surface area contributed by atoms with Gasteiger partial charge in [0.25, 0.3) is 0 Å². The zero-order valence-corrected chi connectivity index (χ0v) is 25.6. The van der Waals surface area contributed by atoms with Gasteiger partial charge in [0.1, 0.15) is 5.65 Å². The van der Waals surface area contributed by atoms with Crippen molar-refractivity contribution >= 4 is 28.6 Å². The molecule has 3 heterocycles. The number of guanidine groups is 1. The molecule has 2 aromatic heterocycles. The molecule has 6 N–H and O–H groups in total. The number of nitrogens with one attached hydrogen (secondary N) is 1. The van der Waals surface area contributed by atoms with Crippen LogP contribution in [0.15, 0.2) is 70.1 Å². The molecule has 11 heteroatoms. The van der Waals surface area contributed by atoms with Gasteiger partial charge in [0.05, 0.1) is 41.8 Å². The monoisotopic (exact) mass is 620 g/mol. The molecule has 1 aliphatic heterocycles. The van der Waals surface area contributed by atoms with E-state index in [-0.39, 0.29) is 29.8 Å². The van der Waals surface area contributed by atoms with Crippen LogP contribution in [0.25, 0.3) is 28.0 Å². The molecule has 0 saturated carbocycles. The Balaban J connectivity index is 1.39. The third-order valence-corrected chi connectivity index (χ3v) is 8.10. The average Bonchev–Trinajstić information content (AvgIpc) is 3.40. The first kappa shape index (κ1) is 31.4. The predicted molar refractivity (Wildman–Crippen MR) is 173 cm³/mol. The summed E-state index contributed by atoms with van der Waals surface area (Å²) in [5.41, 5.74) is 15.2. The Morgan fingerprint density at radius 3 is 2.73 bits per heavy atom. The molecule has 1 aliphatic rings. The number of aryl methyl sites for hydroxylation is 1. The van der Waals surface area contributed by atoms with E-state index in [0.29, 0.717) is 53.3 Å². The van der Waals surface area contributed by atoms with E-state index in [1.165, 1.54) is 4.57 Å². The average molecular weight is 621 g/mol. The topological polar surface area (TPSA) is 145 Å². The second kappa shape index (κ2) is 13.8. The lowest BCUT2D eigenvalue weighted by Gasteiger charge is -2.31. The number of aliphatic hydroxyl groups excluding tert-OH is 1. The highest BCUT2D eigenvalue weighted by Crippen LogP contribution is 2.35. The molecule has 0 spiro atoms. The first-order valence-corrected chi connectivity index (χ1v) is 15.2. The number of benzene rings is 2. The van der Waals surface area contributed by atoms with Crippen molar-refractivity contribution in [2.45, 2.75) is 58.2 Å². The van der Waals surface area contributed by atoms with Crippen molar-refractivity contribution in [3.63, 3.8) is 0 Å². The molecular weight excluding hydrogens is 583 g/mol. The first-order chi connectivity index (χ1) is 21.1. The van der Waals surface area contributed by atoms with Gasteiger partial charge in [-0.15, -0.1) is 0 Å². The zero-order chi connectivity index (χ0) is 31.4. The summed E-state index contributed by atoms with van der Waals surface area (Å²) in [7, 11) is 0. The maximum Gasteiger partial charge on any atom is 0.354 e. The van der Waals surface area contributed by atoms with Crippen molar-refractivity contribution in [2.24, 2.45) is 22.4 Å². The Morgan fingerprint density at radius 1 is 1.25 bits per heavy atom. The number of aliphatic hydroxyl groups is 1. The lowest BCUT2D eigenvalue weighted by molar-refractivity contribution is -0.0573. The molecule has 5 rings (SSSR count). The maximum absolute atomic E-state index is 15.1. The fraction of sp³-hybridized carbons (Fsp3) is 0.364. The Bertz CT molecular complexity index is 1740. The van der Waals surface area contributed by atoms with Crippen molar-refractivity contribution < 1.29 is 14.2 Å². The summed E-state index contributed by atoms with van der Waals surface area (Å²) in [6, 6.07) is 12.7. The van der Waals surface area contributed by atoms with Crippen LogP contribution in [0.3, 0.4) is 0 Å². The molecule has 0 amide bonds. The molecule has 9 nitrogen and oxygen atoms in total. The standard InChI is InChI=1S/C33H38ClFN6O3/c1-19(2)4-3-5-20-13-26(30(35)27(34)14-20)28-16-23-17-41(33(43)40-31(23)39-28)24-8-6-22(7-9-24)29-15-21(10-11-38-32(36)37)12-25(18-42)44-29/h6-10,13-14,16-17,19,25,29,42H,3-5,11-12,15,18H2,1-2H3,(H4,36,37,38)(H,39,40,43)/b21-10+/t25?,29-/m0/s1. The smallest absolute Gasteiger partial charge is 0.354 e. The van der Waals surface area contributed by atoms with Gasteiger partial charge < -0.3 is 26.3 Å². The fourth-order valence-corrected chi connectivity index (χ4v) is 5.81. The Kier molecular flexibility index (Phi) is 9.83. The molecule has 2 atom stereocenters. The summed E-state index contributed by atoms with van der Waals surface area (Å²) in [5.74, 6) is 0.0996. The molecule has 1 fully saturated rings. The summed E-state index contributed by atoms with van der Waals surface area (Å²) in [5, 5.41) is 10.5. The van der Waals surface area contributed by atoms with Crippen LogP contribution in [-0.2, 0) is 11.2 Å². The van der Waals surface area contributed by atoms with Crippen LogP contribution in [0.4, 0.5) is 4.39 Å². The molecule has 4 aromatic rings. The molecule has 2 aromatic carbocycles. The summed E-state index contributed by atoms with van der Waals surface area (Å²) in [6.07, 6.45) is 7.13. The maximum atomic E-state index is 15.1. The van der Waals surface area contributed by atoms with Gasteiger partial charge in [-0.25, -0.2) is 14.2 Å². The van der Waals surface area contributed by atoms with Crippen LogP contribution in [0, 0.1) is 11.7 Å². The van der Waals surface area contributed by atoms with Gasteiger partial charge in [-0.2, -0.15) is 4.98 Å². The van der Waals surface area contributed by atoms with E-state index in [4.69, 9.17) is 27.8 Å². The van der Waals surface area contributed by atoms with Gasteiger partial charge >= 0.3 is 5.69 Å². The van der Waals surface area contributed by atoms with Crippen LogP contribution in [0.5, 0.6) is 0 Å². The molecular formula is C33H38ClFN6O3. The summed E-state index contributed by atoms with van der Waals surface area (Å²) >= 11 is 6.27. The number of halogens is 2. The number of nitrogens with zero attached hydrogens (tertiary/aromatic N) is 3.